The number of benzene rings is 4. The van der Waals surface area contributed by atoms with Gasteiger partial charge >= 0.3 is 12.0 Å². The van der Waals surface area contributed by atoms with Gasteiger partial charge in [-0.05, 0) is 34.4 Å². The third kappa shape index (κ3) is 9.42. The predicted octanol–water partition coefficient (Wildman–Crippen LogP) is 6.10. The van der Waals surface area contributed by atoms with E-state index in [1.54, 1.807) is 11.8 Å². The number of methoxy groups -OCH3 is 1. The van der Waals surface area contributed by atoms with Gasteiger partial charge in [0.1, 0.15) is 6.04 Å². The van der Waals surface area contributed by atoms with Crippen LogP contribution >= 0.6 is 11.8 Å². The second kappa shape index (κ2) is 16.2. The van der Waals surface area contributed by atoms with Crippen LogP contribution in [0.15, 0.2) is 114 Å². The number of carbonyl (C=O) groups excluding carboxylic acids is 2. The van der Waals surface area contributed by atoms with Crippen LogP contribution in [0.2, 0.25) is 0 Å². The molecule has 1 aliphatic heterocycles. The first-order valence-electron chi connectivity index (χ1n) is 14.9. The summed E-state index contributed by atoms with van der Waals surface area (Å²) in [5.41, 5.74) is 4.58. The average Bonchev–Trinajstić information content (AvgIpc) is 3.10. The van der Waals surface area contributed by atoms with E-state index in [1.165, 1.54) is 12.0 Å². The van der Waals surface area contributed by atoms with Crippen LogP contribution in [-0.2, 0) is 38.6 Å². The minimum absolute atomic E-state index is 0.00368. The monoisotopic (exact) mass is 626 g/mol. The highest BCUT2D eigenvalue weighted by Crippen LogP contribution is 2.39. The normalized spacial score (nSPS) is 18.5. The first kappa shape index (κ1) is 32.2. The summed E-state index contributed by atoms with van der Waals surface area (Å²) in [5.74, 6) is 0.275. The predicted molar refractivity (Wildman–Crippen MR) is 173 cm³/mol. The van der Waals surface area contributed by atoms with Crippen LogP contribution in [0.3, 0.4) is 0 Å². The van der Waals surface area contributed by atoms with Crippen molar-refractivity contribution in [2.45, 2.75) is 55.4 Å². The zero-order valence-electron chi connectivity index (χ0n) is 25.1. The number of ether oxygens (including phenoxy) is 3. The molecule has 1 heterocycles. The number of amides is 2. The van der Waals surface area contributed by atoms with Crippen LogP contribution in [0.25, 0.3) is 0 Å². The Morgan fingerprint density at radius 2 is 1.49 bits per heavy atom. The lowest BCUT2D eigenvalue weighted by atomic mass is 10.0. The van der Waals surface area contributed by atoms with Crippen molar-refractivity contribution in [2.24, 2.45) is 0 Å². The minimum atomic E-state index is -0.804. The molecular weight excluding hydrogens is 588 g/mol. The second-order valence-corrected chi connectivity index (χ2v) is 11.9. The maximum absolute atomic E-state index is 12.7. The third-order valence-electron chi connectivity index (χ3n) is 7.57. The van der Waals surface area contributed by atoms with Gasteiger partial charge in [0.25, 0.3) is 0 Å². The van der Waals surface area contributed by atoms with Crippen LogP contribution < -0.4 is 10.6 Å². The van der Waals surface area contributed by atoms with E-state index in [4.69, 9.17) is 14.2 Å². The van der Waals surface area contributed by atoms with Crippen molar-refractivity contribution < 1.29 is 28.9 Å². The number of thioether (sulfide) groups is 1. The van der Waals surface area contributed by atoms with E-state index in [0.717, 1.165) is 33.6 Å². The number of hydrogen-bond donors (Lipinski definition) is 3. The Hall–Kier alpha value is -4.15. The SMILES string of the molecule is COC(=O)[C@H](Cc1ccccc1)NC(=O)NCc1ccc([C@H]2O[C@@H](CSc3ccccc3)C[C@@H](c3ccc(CO)cc3)O2)cc1. The summed E-state index contributed by atoms with van der Waals surface area (Å²) in [6.07, 6.45) is 0.269. The van der Waals surface area contributed by atoms with E-state index >= 15 is 0 Å². The highest BCUT2D eigenvalue weighted by atomic mass is 32.2. The lowest BCUT2D eigenvalue weighted by Crippen LogP contribution is -2.47. The molecule has 0 aliphatic carbocycles. The highest BCUT2D eigenvalue weighted by molar-refractivity contribution is 7.99. The van der Waals surface area contributed by atoms with Crippen molar-refractivity contribution in [1.29, 1.82) is 0 Å². The number of carbonyl (C=O) groups is 2. The Kier molecular flexibility index (Phi) is 11.6. The van der Waals surface area contributed by atoms with E-state index in [2.05, 4.69) is 22.8 Å². The molecule has 2 amide bonds. The van der Waals surface area contributed by atoms with Crippen molar-refractivity contribution in [1.82, 2.24) is 10.6 Å². The smallest absolute Gasteiger partial charge is 0.328 e. The Balaban J connectivity index is 1.21. The first-order valence-corrected chi connectivity index (χ1v) is 15.9. The molecule has 0 spiro atoms. The molecule has 1 aliphatic rings. The van der Waals surface area contributed by atoms with Gasteiger partial charge in [-0.15, -0.1) is 11.8 Å². The molecule has 1 fully saturated rings. The number of aliphatic hydroxyl groups excluding tert-OH is 1. The Labute approximate surface area is 268 Å². The molecule has 4 atom stereocenters. The minimum Gasteiger partial charge on any atom is -0.467 e. The molecule has 0 unspecified atom stereocenters. The molecule has 4 aromatic rings. The summed E-state index contributed by atoms with van der Waals surface area (Å²) in [6, 6.07) is 34.1. The van der Waals surface area contributed by atoms with Crippen molar-refractivity contribution >= 4 is 23.8 Å². The zero-order chi connectivity index (χ0) is 31.4. The van der Waals surface area contributed by atoms with Crippen LogP contribution in [0.4, 0.5) is 4.79 Å². The van der Waals surface area contributed by atoms with E-state index < -0.39 is 24.3 Å². The van der Waals surface area contributed by atoms with Gasteiger partial charge < -0.3 is 30.0 Å². The van der Waals surface area contributed by atoms with E-state index in [-0.39, 0.29) is 25.4 Å². The van der Waals surface area contributed by atoms with Crippen LogP contribution in [-0.4, -0.2) is 42.1 Å². The molecule has 8 nitrogen and oxygen atoms in total. The second-order valence-electron chi connectivity index (χ2n) is 10.8. The number of aliphatic hydroxyl groups is 1. The molecule has 9 heteroatoms. The van der Waals surface area contributed by atoms with Crippen molar-refractivity contribution in [3.05, 3.63) is 137 Å². The highest BCUT2D eigenvalue weighted by Gasteiger charge is 2.32. The fourth-order valence-electron chi connectivity index (χ4n) is 5.10. The molecular formula is C36H38N2O6S. The summed E-state index contributed by atoms with van der Waals surface area (Å²) >= 11 is 1.76. The van der Waals surface area contributed by atoms with Gasteiger partial charge in [-0.3, -0.25) is 0 Å². The van der Waals surface area contributed by atoms with E-state index in [9.17, 15) is 14.7 Å². The summed E-state index contributed by atoms with van der Waals surface area (Å²) in [5, 5.41) is 15.0. The molecule has 5 rings (SSSR count). The number of hydrogen-bond acceptors (Lipinski definition) is 7. The van der Waals surface area contributed by atoms with Crippen LogP contribution in [0, 0.1) is 0 Å². The standard InChI is InChI=1S/C36H38N2O6S/c1-42-34(40)32(20-25-8-4-2-5-9-25)38-36(41)37-22-26-12-18-29(19-13-26)35-43-30(24-45-31-10-6-3-7-11-31)21-33(44-35)28-16-14-27(23-39)15-17-28/h2-19,30,32-33,35,39H,20-24H2,1H3,(H2,37,38,41)/t30-,32+,33+,35+/m1/s1. The number of esters is 1. The van der Waals surface area contributed by atoms with Crippen molar-refractivity contribution in [2.75, 3.05) is 12.9 Å². The van der Waals surface area contributed by atoms with Gasteiger partial charge in [0, 0.05) is 35.6 Å². The quantitative estimate of drug-likeness (QED) is 0.129. The summed E-state index contributed by atoms with van der Waals surface area (Å²) < 4.78 is 17.8. The number of urea groups is 1. The topological polar surface area (TPSA) is 106 Å². The fourth-order valence-corrected chi connectivity index (χ4v) is 6.04. The lowest BCUT2D eigenvalue weighted by Gasteiger charge is -2.36. The summed E-state index contributed by atoms with van der Waals surface area (Å²) in [4.78, 5) is 26.2. The van der Waals surface area contributed by atoms with Crippen LogP contribution in [0.5, 0.6) is 0 Å². The number of rotatable bonds is 12. The van der Waals surface area contributed by atoms with E-state index in [1.807, 2.05) is 97.1 Å². The molecule has 1 saturated heterocycles. The van der Waals surface area contributed by atoms with Gasteiger partial charge in [-0.25, -0.2) is 9.59 Å². The average molecular weight is 627 g/mol. The fraction of sp³-hybridized carbons (Fsp3) is 0.278. The summed E-state index contributed by atoms with van der Waals surface area (Å²) in [7, 11) is 1.31. The van der Waals surface area contributed by atoms with Gasteiger partial charge in [-0.1, -0.05) is 97.1 Å². The maximum Gasteiger partial charge on any atom is 0.328 e. The lowest BCUT2D eigenvalue weighted by molar-refractivity contribution is -0.245. The van der Waals surface area contributed by atoms with Crippen molar-refractivity contribution in [3.8, 4) is 0 Å². The molecule has 0 saturated carbocycles. The third-order valence-corrected chi connectivity index (χ3v) is 8.72. The number of nitrogens with one attached hydrogen (secondary N) is 2. The molecule has 0 radical (unpaired) electrons. The molecule has 3 N–H and O–H groups in total. The molecule has 0 bridgehead atoms. The molecule has 0 aromatic heterocycles. The first-order chi connectivity index (χ1) is 22.0. The van der Waals surface area contributed by atoms with Crippen LogP contribution in [0.1, 0.15) is 46.6 Å². The van der Waals surface area contributed by atoms with E-state index in [0.29, 0.717) is 12.8 Å². The van der Waals surface area contributed by atoms with Gasteiger partial charge in [0.15, 0.2) is 6.29 Å². The van der Waals surface area contributed by atoms with Crippen molar-refractivity contribution in [3.63, 3.8) is 0 Å². The maximum atomic E-state index is 12.7. The zero-order valence-corrected chi connectivity index (χ0v) is 26.0. The molecule has 234 valence electrons. The summed E-state index contributed by atoms with van der Waals surface area (Å²) in [6.45, 7) is 0.268. The molecule has 45 heavy (non-hydrogen) atoms. The largest absolute Gasteiger partial charge is 0.467 e. The van der Waals surface area contributed by atoms with Gasteiger partial charge in [0.05, 0.1) is 25.9 Å². The Morgan fingerprint density at radius 1 is 0.844 bits per heavy atom. The Morgan fingerprint density at radius 3 is 2.16 bits per heavy atom. The van der Waals surface area contributed by atoms with Gasteiger partial charge in [-0.2, -0.15) is 0 Å². The molecule has 4 aromatic carbocycles. The Bertz CT molecular complexity index is 1500. The van der Waals surface area contributed by atoms with Gasteiger partial charge in [0.2, 0.25) is 0 Å².